The normalized spacial score (nSPS) is 13.4. The molecule has 0 radical (unpaired) electrons. The van der Waals surface area contributed by atoms with Crippen LogP contribution in [0.2, 0.25) is 0 Å². The smallest absolute Gasteiger partial charge is 0.0774 e. The summed E-state index contributed by atoms with van der Waals surface area (Å²) in [5.74, 6) is 2.07. The van der Waals surface area contributed by atoms with E-state index in [1.165, 1.54) is 6.16 Å². The molecule has 0 aromatic carbocycles. The Morgan fingerprint density at radius 2 is 1.90 bits per heavy atom. The van der Waals surface area contributed by atoms with Crippen LogP contribution in [0.5, 0.6) is 0 Å². The van der Waals surface area contributed by atoms with E-state index in [4.69, 9.17) is 0 Å². The Hall–Kier alpha value is 0.600. The number of rotatable bonds is 3. The van der Waals surface area contributed by atoms with E-state index < -0.39 is 7.26 Å². The summed E-state index contributed by atoms with van der Waals surface area (Å²) in [6.07, 6.45) is 3.55. The Labute approximate surface area is 68.0 Å². The molecule has 1 atom stereocenters. The molecule has 0 aliphatic rings. The highest BCUT2D eigenvalue weighted by molar-refractivity contribution is 7.75. The van der Waals surface area contributed by atoms with Gasteiger partial charge >= 0.3 is 0 Å². The first-order valence-electron chi connectivity index (χ1n) is 3.70. The molecule has 0 aliphatic carbocycles. The highest BCUT2D eigenvalue weighted by Gasteiger charge is 2.27. The lowest BCUT2D eigenvalue weighted by Crippen LogP contribution is -2.05. The zero-order chi connectivity index (χ0) is 8.20. The van der Waals surface area contributed by atoms with Gasteiger partial charge in [-0.1, -0.05) is 5.82 Å². The molecule has 0 bridgehead atoms. The lowest BCUT2D eigenvalue weighted by molar-refractivity contribution is 1.07. The van der Waals surface area contributed by atoms with E-state index in [0.717, 1.165) is 5.66 Å². The Morgan fingerprint density at radius 1 is 1.40 bits per heavy atom. The van der Waals surface area contributed by atoms with Crippen molar-refractivity contribution in [1.82, 2.24) is 0 Å². The molecule has 60 valence electrons. The van der Waals surface area contributed by atoms with Gasteiger partial charge in [-0.05, 0) is 19.9 Å². The number of hydrogen-bond acceptors (Lipinski definition) is 0. The molecule has 0 fully saturated rings. The second kappa shape index (κ2) is 4.47. The van der Waals surface area contributed by atoms with Gasteiger partial charge in [-0.25, -0.2) is 0 Å². The van der Waals surface area contributed by atoms with Crippen molar-refractivity contribution in [3.8, 4) is 0 Å². The largest absolute Gasteiger partial charge is 0.114 e. The predicted octanol–water partition coefficient (Wildman–Crippen LogP) is 3.06. The van der Waals surface area contributed by atoms with Crippen LogP contribution in [0.25, 0.3) is 0 Å². The van der Waals surface area contributed by atoms with E-state index in [0.29, 0.717) is 0 Å². The van der Waals surface area contributed by atoms with Crippen molar-refractivity contribution < 1.29 is 0 Å². The molecule has 0 saturated carbocycles. The minimum atomic E-state index is -0.631. The van der Waals surface area contributed by atoms with Gasteiger partial charge < -0.3 is 0 Å². The average Bonchev–Trinajstić information content (AvgIpc) is 1.84. The Balaban J connectivity index is 3.86. The van der Waals surface area contributed by atoms with E-state index in [1.807, 2.05) is 0 Å². The highest BCUT2D eigenvalue weighted by Crippen LogP contribution is 2.55. The third kappa shape index (κ3) is 3.69. The molecule has 0 aromatic heterocycles. The molecule has 0 amide bonds. The van der Waals surface area contributed by atoms with Crippen LogP contribution in [0.4, 0.5) is 0 Å². The van der Waals surface area contributed by atoms with Gasteiger partial charge in [0.2, 0.25) is 0 Å². The molecule has 2 heteroatoms. The molecule has 0 rings (SSSR count). The van der Waals surface area contributed by atoms with E-state index in [2.05, 4.69) is 48.3 Å². The van der Waals surface area contributed by atoms with Crippen LogP contribution in [0.15, 0.2) is 11.9 Å². The third-order valence-electron chi connectivity index (χ3n) is 2.11. The topological polar surface area (TPSA) is 0 Å². The third-order valence-corrected chi connectivity index (χ3v) is 6.33. The standard InChI is InChI=1S/C8H19P2/c1-8(2)10(3,4)7-5-6-9/h5-6,8H,7,9H2,1-4H3/q+1/b6-5-. The predicted molar refractivity (Wildman–Crippen MR) is 57.6 cm³/mol. The quantitative estimate of drug-likeness (QED) is 0.581. The highest BCUT2D eigenvalue weighted by atomic mass is 31.2. The molecule has 0 heterocycles. The van der Waals surface area contributed by atoms with Crippen molar-refractivity contribution in [2.24, 2.45) is 0 Å². The maximum Gasteiger partial charge on any atom is 0.0774 e. The lowest BCUT2D eigenvalue weighted by Gasteiger charge is -2.20. The van der Waals surface area contributed by atoms with E-state index in [1.54, 1.807) is 0 Å². The van der Waals surface area contributed by atoms with Gasteiger partial charge in [0.15, 0.2) is 0 Å². The van der Waals surface area contributed by atoms with Crippen molar-refractivity contribution in [3.05, 3.63) is 11.9 Å². The zero-order valence-electron chi connectivity index (χ0n) is 7.46. The fourth-order valence-corrected chi connectivity index (χ4v) is 2.00. The molecular weight excluding hydrogens is 158 g/mol. The molecule has 10 heavy (non-hydrogen) atoms. The maximum absolute atomic E-state index is 2.63. The molecule has 0 aliphatic heterocycles. The van der Waals surface area contributed by atoms with Crippen molar-refractivity contribution in [1.29, 1.82) is 0 Å². The summed E-state index contributed by atoms with van der Waals surface area (Å²) in [5.41, 5.74) is 0.869. The first-order valence-corrected chi connectivity index (χ1v) is 7.30. The Kier molecular flexibility index (Phi) is 4.74. The fraction of sp³-hybridized carbons (Fsp3) is 0.750. The minimum absolute atomic E-state index is 0.631. The maximum atomic E-state index is 2.63. The van der Waals surface area contributed by atoms with Crippen LogP contribution in [-0.4, -0.2) is 25.2 Å². The van der Waals surface area contributed by atoms with E-state index in [-0.39, 0.29) is 0 Å². The SMILES string of the molecule is CC(C)[P+](C)(C)C/C=C\P. The van der Waals surface area contributed by atoms with Crippen LogP contribution in [0, 0.1) is 0 Å². The molecule has 0 spiro atoms. The van der Waals surface area contributed by atoms with Crippen molar-refractivity contribution in [2.75, 3.05) is 19.5 Å². The van der Waals surface area contributed by atoms with Crippen LogP contribution in [0.3, 0.4) is 0 Å². The Bertz CT molecular complexity index is 114. The summed E-state index contributed by atoms with van der Waals surface area (Å²) in [6, 6.07) is 0. The Morgan fingerprint density at radius 3 is 2.20 bits per heavy atom. The number of hydrogen-bond donors (Lipinski definition) is 0. The van der Waals surface area contributed by atoms with Gasteiger partial charge in [0.05, 0.1) is 11.8 Å². The van der Waals surface area contributed by atoms with Gasteiger partial charge in [0.1, 0.15) is 0 Å². The van der Waals surface area contributed by atoms with Crippen LogP contribution < -0.4 is 0 Å². The molecule has 0 saturated heterocycles. The minimum Gasteiger partial charge on any atom is -0.114 e. The first kappa shape index (κ1) is 10.6. The fourth-order valence-electron chi connectivity index (χ4n) is 0.543. The van der Waals surface area contributed by atoms with Crippen molar-refractivity contribution in [3.63, 3.8) is 0 Å². The molecule has 0 N–H and O–H groups in total. The van der Waals surface area contributed by atoms with Crippen molar-refractivity contribution >= 4 is 16.5 Å². The zero-order valence-corrected chi connectivity index (χ0v) is 9.51. The van der Waals surface area contributed by atoms with Crippen molar-refractivity contribution in [2.45, 2.75) is 19.5 Å². The summed E-state index contributed by atoms with van der Waals surface area (Å²) in [4.78, 5) is 0. The molecular formula is C8H19P2+. The molecule has 0 aromatic rings. The summed E-state index contributed by atoms with van der Waals surface area (Å²) >= 11 is 0. The average molecular weight is 177 g/mol. The number of allylic oxidation sites excluding steroid dienone is 1. The van der Waals surface area contributed by atoms with E-state index in [9.17, 15) is 0 Å². The first-order chi connectivity index (χ1) is 4.50. The lowest BCUT2D eigenvalue weighted by atomic mass is 10.6. The summed E-state index contributed by atoms with van der Waals surface area (Å²) in [6.45, 7) is 9.49. The summed E-state index contributed by atoms with van der Waals surface area (Å²) in [5, 5.41) is 0. The van der Waals surface area contributed by atoms with Crippen LogP contribution in [-0.2, 0) is 0 Å². The summed E-state index contributed by atoms with van der Waals surface area (Å²) in [7, 11) is 2.00. The van der Waals surface area contributed by atoms with Gasteiger partial charge in [-0.3, -0.25) is 0 Å². The monoisotopic (exact) mass is 177 g/mol. The second-order valence-corrected chi connectivity index (χ2v) is 8.82. The van der Waals surface area contributed by atoms with Crippen LogP contribution in [0.1, 0.15) is 13.8 Å². The molecule has 1 unspecified atom stereocenters. The molecule has 0 nitrogen and oxygen atoms in total. The summed E-state index contributed by atoms with van der Waals surface area (Å²) < 4.78 is 0. The van der Waals surface area contributed by atoms with Crippen LogP contribution >= 0.6 is 16.5 Å². The van der Waals surface area contributed by atoms with E-state index >= 15 is 0 Å². The van der Waals surface area contributed by atoms with Gasteiger partial charge in [-0.2, -0.15) is 0 Å². The van der Waals surface area contributed by atoms with Gasteiger partial charge in [0, 0.05) is 20.6 Å². The second-order valence-electron chi connectivity index (χ2n) is 3.48. The van der Waals surface area contributed by atoms with Gasteiger partial charge in [0.25, 0.3) is 0 Å². The van der Waals surface area contributed by atoms with Gasteiger partial charge in [-0.15, -0.1) is 9.24 Å².